The van der Waals surface area contributed by atoms with Crippen LogP contribution in [-0.2, 0) is 0 Å². The zero-order valence-corrected chi connectivity index (χ0v) is 14.7. The van der Waals surface area contributed by atoms with Gasteiger partial charge in [-0.05, 0) is 37.3 Å². The van der Waals surface area contributed by atoms with Crippen LogP contribution in [0.2, 0.25) is 5.02 Å². The van der Waals surface area contributed by atoms with Crippen molar-refractivity contribution < 1.29 is 9.53 Å². The van der Waals surface area contributed by atoms with E-state index in [1.54, 1.807) is 31.4 Å². The molecule has 24 heavy (non-hydrogen) atoms. The molecule has 3 rings (SSSR count). The summed E-state index contributed by atoms with van der Waals surface area (Å²) in [5.74, 6) is 0.415. The summed E-state index contributed by atoms with van der Waals surface area (Å²) in [4.78, 5) is 17.9. The number of ether oxygens (including phenoxy) is 1. The second kappa shape index (κ2) is 7.03. The molecule has 1 amide bonds. The Balaban J connectivity index is 1.83. The van der Waals surface area contributed by atoms with E-state index in [4.69, 9.17) is 16.3 Å². The van der Waals surface area contributed by atoms with Crippen LogP contribution in [0.3, 0.4) is 0 Å². The van der Waals surface area contributed by atoms with Gasteiger partial charge in [-0.15, -0.1) is 11.3 Å². The van der Waals surface area contributed by atoms with Crippen molar-refractivity contribution in [3.8, 4) is 17.0 Å². The molecule has 0 fully saturated rings. The maximum absolute atomic E-state index is 12.4. The molecule has 0 aliphatic heterocycles. The molecule has 0 spiro atoms. The van der Waals surface area contributed by atoms with Crippen molar-refractivity contribution >= 4 is 34.0 Å². The van der Waals surface area contributed by atoms with Crippen LogP contribution in [0.1, 0.15) is 15.2 Å². The fraction of sp³-hybridized carbons (Fsp3) is 0.111. The quantitative estimate of drug-likeness (QED) is 0.711. The van der Waals surface area contributed by atoms with Crippen LogP contribution >= 0.6 is 22.9 Å². The minimum absolute atomic E-state index is 0.222. The monoisotopic (exact) mass is 358 g/mol. The molecule has 2 aromatic carbocycles. The summed E-state index contributed by atoms with van der Waals surface area (Å²) in [5.41, 5.74) is 2.27. The molecule has 1 aromatic heterocycles. The number of nitrogens with zero attached hydrogens (tertiary/aromatic N) is 1. The normalized spacial score (nSPS) is 10.5. The standard InChI is InChI=1S/C18H15ClN2O2S/c1-11-16(12-5-3-7-14(19)9-12)20-18(24-11)21-17(22)13-6-4-8-15(10-13)23-2/h3-10H,1-2H3,(H,20,21,22). The van der Waals surface area contributed by atoms with Gasteiger partial charge in [-0.2, -0.15) is 0 Å². The molecule has 1 N–H and O–H groups in total. The number of hydrogen-bond donors (Lipinski definition) is 1. The van der Waals surface area contributed by atoms with Crippen molar-refractivity contribution in [3.63, 3.8) is 0 Å². The zero-order chi connectivity index (χ0) is 17.1. The Morgan fingerprint density at radius 3 is 2.75 bits per heavy atom. The molecule has 0 saturated carbocycles. The summed E-state index contributed by atoms with van der Waals surface area (Å²) in [7, 11) is 1.57. The van der Waals surface area contributed by atoms with E-state index in [2.05, 4.69) is 10.3 Å². The average Bonchev–Trinajstić information content (AvgIpc) is 2.95. The van der Waals surface area contributed by atoms with Crippen molar-refractivity contribution in [3.05, 3.63) is 64.0 Å². The minimum Gasteiger partial charge on any atom is -0.497 e. The number of benzene rings is 2. The number of aromatic nitrogens is 1. The molecule has 3 aromatic rings. The first-order chi connectivity index (χ1) is 11.6. The highest BCUT2D eigenvalue weighted by Gasteiger charge is 2.14. The largest absolute Gasteiger partial charge is 0.497 e. The molecule has 122 valence electrons. The number of anilines is 1. The molecule has 0 atom stereocenters. The summed E-state index contributed by atoms with van der Waals surface area (Å²) in [5, 5.41) is 4.04. The van der Waals surface area contributed by atoms with Gasteiger partial charge in [0.15, 0.2) is 5.13 Å². The van der Waals surface area contributed by atoms with Crippen LogP contribution in [0.15, 0.2) is 48.5 Å². The van der Waals surface area contributed by atoms with Gasteiger partial charge in [0.2, 0.25) is 0 Å². The number of carbonyl (C=O) groups is 1. The van der Waals surface area contributed by atoms with Gasteiger partial charge >= 0.3 is 0 Å². The first kappa shape index (κ1) is 16.5. The summed E-state index contributed by atoms with van der Waals surface area (Å²) in [6, 6.07) is 14.5. The summed E-state index contributed by atoms with van der Waals surface area (Å²) < 4.78 is 5.14. The predicted octanol–water partition coefficient (Wildman–Crippen LogP) is 5.03. The Morgan fingerprint density at radius 1 is 1.21 bits per heavy atom. The van der Waals surface area contributed by atoms with Crippen LogP contribution < -0.4 is 10.1 Å². The van der Waals surface area contributed by atoms with Crippen LogP contribution in [0.5, 0.6) is 5.75 Å². The van der Waals surface area contributed by atoms with Crippen molar-refractivity contribution in [2.24, 2.45) is 0 Å². The maximum Gasteiger partial charge on any atom is 0.257 e. The van der Waals surface area contributed by atoms with Crippen molar-refractivity contribution in [1.29, 1.82) is 0 Å². The smallest absolute Gasteiger partial charge is 0.257 e. The third-order valence-electron chi connectivity index (χ3n) is 3.45. The number of methoxy groups -OCH3 is 1. The Kier molecular flexibility index (Phi) is 4.83. The third kappa shape index (κ3) is 3.58. The number of thiazole rings is 1. The molecular formula is C18H15ClN2O2S. The van der Waals surface area contributed by atoms with Gasteiger partial charge in [0.25, 0.3) is 5.91 Å². The highest BCUT2D eigenvalue weighted by Crippen LogP contribution is 2.31. The van der Waals surface area contributed by atoms with E-state index in [9.17, 15) is 4.79 Å². The first-order valence-electron chi connectivity index (χ1n) is 7.25. The van der Waals surface area contributed by atoms with Crippen molar-refractivity contribution in [2.75, 3.05) is 12.4 Å². The van der Waals surface area contributed by atoms with E-state index in [0.29, 0.717) is 21.5 Å². The van der Waals surface area contributed by atoms with Crippen LogP contribution in [0, 0.1) is 6.92 Å². The topological polar surface area (TPSA) is 51.2 Å². The first-order valence-corrected chi connectivity index (χ1v) is 8.45. The molecule has 1 heterocycles. The molecule has 0 aliphatic rings. The van der Waals surface area contributed by atoms with E-state index in [0.717, 1.165) is 16.1 Å². The second-order valence-corrected chi connectivity index (χ2v) is 6.76. The number of carbonyl (C=O) groups excluding carboxylic acids is 1. The van der Waals surface area contributed by atoms with E-state index in [1.807, 2.05) is 31.2 Å². The molecular weight excluding hydrogens is 344 g/mol. The van der Waals surface area contributed by atoms with Crippen LogP contribution in [0.25, 0.3) is 11.3 Å². The average molecular weight is 359 g/mol. The predicted molar refractivity (Wildman–Crippen MR) is 98.2 cm³/mol. The van der Waals surface area contributed by atoms with Crippen molar-refractivity contribution in [1.82, 2.24) is 4.98 Å². The van der Waals surface area contributed by atoms with Crippen LogP contribution in [-0.4, -0.2) is 18.0 Å². The van der Waals surface area contributed by atoms with Gasteiger partial charge in [-0.25, -0.2) is 4.98 Å². The Bertz CT molecular complexity index is 892. The number of hydrogen-bond acceptors (Lipinski definition) is 4. The Labute approximate surface area is 149 Å². The number of amides is 1. The summed E-state index contributed by atoms with van der Waals surface area (Å²) >= 11 is 7.47. The lowest BCUT2D eigenvalue weighted by molar-refractivity contribution is 0.102. The zero-order valence-electron chi connectivity index (χ0n) is 13.2. The van der Waals surface area contributed by atoms with E-state index in [1.165, 1.54) is 11.3 Å². The highest BCUT2D eigenvalue weighted by molar-refractivity contribution is 7.16. The summed E-state index contributed by atoms with van der Waals surface area (Å²) in [6.07, 6.45) is 0. The molecule has 0 unspecified atom stereocenters. The van der Waals surface area contributed by atoms with Gasteiger partial charge < -0.3 is 4.74 Å². The minimum atomic E-state index is -0.222. The molecule has 0 bridgehead atoms. The molecule has 0 radical (unpaired) electrons. The molecule has 0 saturated heterocycles. The second-order valence-electron chi connectivity index (χ2n) is 5.12. The fourth-order valence-corrected chi connectivity index (χ4v) is 3.31. The Morgan fingerprint density at radius 2 is 2.00 bits per heavy atom. The van der Waals surface area contributed by atoms with E-state index in [-0.39, 0.29) is 5.91 Å². The molecule has 0 aliphatic carbocycles. The maximum atomic E-state index is 12.4. The van der Waals surface area contributed by atoms with Crippen LogP contribution in [0.4, 0.5) is 5.13 Å². The lowest BCUT2D eigenvalue weighted by Gasteiger charge is -2.04. The van der Waals surface area contributed by atoms with Gasteiger partial charge in [-0.3, -0.25) is 10.1 Å². The number of aryl methyl sites for hydroxylation is 1. The molecule has 4 nitrogen and oxygen atoms in total. The lowest BCUT2D eigenvalue weighted by Crippen LogP contribution is -2.11. The van der Waals surface area contributed by atoms with E-state index >= 15 is 0 Å². The number of rotatable bonds is 4. The van der Waals surface area contributed by atoms with Gasteiger partial charge in [0.05, 0.1) is 12.8 Å². The fourth-order valence-electron chi connectivity index (χ4n) is 2.29. The van der Waals surface area contributed by atoms with Gasteiger partial charge in [0, 0.05) is 21.0 Å². The van der Waals surface area contributed by atoms with E-state index < -0.39 is 0 Å². The van der Waals surface area contributed by atoms with Gasteiger partial charge in [0.1, 0.15) is 5.75 Å². The number of nitrogens with one attached hydrogen (secondary N) is 1. The molecule has 6 heteroatoms. The SMILES string of the molecule is COc1cccc(C(=O)Nc2nc(-c3cccc(Cl)c3)c(C)s2)c1. The third-order valence-corrected chi connectivity index (χ3v) is 4.57. The van der Waals surface area contributed by atoms with Gasteiger partial charge in [-0.1, -0.05) is 29.8 Å². The summed E-state index contributed by atoms with van der Waals surface area (Å²) in [6.45, 7) is 1.97. The van der Waals surface area contributed by atoms with Crippen molar-refractivity contribution in [2.45, 2.75) is 6.92 Å². The number of halogens is 1. The highest BCUT2D eigenvalue weighted by atomic mass is 35.5. The Hall–Kier alpha value is -2.37. The lowest BCUT2D eigenvalue weighted by atomic mass is 10.1.